The van der Waals surface area contributed by atoms with Crippen molar-refractivity contribution in [2.45, 2.75) is 257 Å². The van der Waals surface area contributed by atoms with Crippen molar-refractivity contribution in [1.29, 1.82) is 0 Å². The molecule has 1 amide bonds. The molecule has 6 heteroatoms. The highest BCUT2D eigenvalue weighted by molar-refractivity contribution is 5.76. The average Bonchev–Trinajstić information content (AvgIpc) is 3.07. The number of rotatable bonds is 39. The molecule has 0 aromatic carbocycles. The highest BCUT2D eigenvalue weighted by Crippen LogP contribution is 2.17. The van der Waals surface area contributed by atoms with E-state index in [-0.39, 0.29) is 31.1 Å². The SMILES string of the molecule is CCCCCCCCCCCCCCCCCCCC(O)CCCC(=O)NC(CO)C(O)CCCC(O)CCCCCCCCCCC. The van der Waals surface area contributed by atoms with Crippen molar-refractivity contribution in [2.75, 3.05) is 6.61 Å². The fourth-order valence-corrected chi connectivity index (χ4v) is 6.89. The van der Waals surface area contributed by atoms with Crippen LogP contribution in [0.3, 0.4) is 0 Å². The maximum atomic E-state index is 12.4. The third kappa shape index (κ3) is 33.8. The number of hydrogen-bond acceptors (Lipinski definition) is 5. The molecule has 0 spiro atoms. The van der Waals surface area contributed by atoms with E-state index < -0.39 is 12.1 Å². The fraction of sp³-hybridized carbons (Fsp3) is 0.976. The molecule has 0 aliphatic rings. The Bertz CT molecular complexity index is 648. The summed E-state index contributed by atoms with van der Waals surface area (Å²) in [4.78, 5) is 12.4. The van der Waals surface area contributed by atoms with E-state index in [1.807, 2.05) is 0 Å². The summed E-state index contributed by atoms with van der Waals surface area (Å²) in [6.07, 6.45) is 37.6. The van der Waals surface area contributed by atoms with E-state index >= 15 is 0 Å². The van der Waals surface area contributed by atoms with Crippen LogP contribution in [0.4, 0.5) is 0 Å². The molecule has 48 heavy (non-hydrogen) atoms. The van der Waals surface area contributed by atoms with E-state index in [4.69, 9.17) is 0 Å². The van der Waals surface area contributed by atoms with E-state index in [2.05, 4.69) is 19.2 Å². The molecule has 0 aliphatic heterocycles. The Labute approximate surface area is 299 Å². The van der Waals surface area contributed by atoms with Crippen LogP contribution < -0.4 is 5.32 Å². The van der Waals surface area contributed by atoms with Gasteiger partial charge in [0.15, 0.2) is 0 Å². The molecule has 4 unspecified atom stereocenters. The normalized spacial score (nSPS) is 14.2. The van der Waals surface area contributed by atoms with Gasteiger partial charge in [-0.25, -0.2) is 0 Å². The molecule has 0 saturated heterocycles. The summed E-state index contributed by atoms with van der Waals surface area (Å²) in [7, 11) is 0. The first kappa shape index (κ1) is 47.3. The molecule has 0 aliphatic carbocycles. The van der Waals surface area contributed by atoms with Gasteiger partial charge in [0.25, 0.3) is 0 Å². The van der Waals surface area contributed by atoms with E-state index in [1.165, 1.54) is 154 Å². The Balaban J connectivity index is 3.65. The lowest BCUT2D eigenvalue weighted by Gasteiger charge is -2.23. The number of aliphatic hydroxyl groups excluding tert-OH is 4. The first-order chi connectivity index (χ1) is 23.4. The van der Waals surface area contributed by atoms with Gasteiger partial charge in [-0.2, -0.15) is 0 Å². The molecule has 6 nitrogen and oxygen atoms in total. The predicted molar refractivity (Wildman–Crippen MR) is 205 cm³/mol. The van der Waals surface area contributed by atoms with Gasteiger partial charge in [0.1, 0.15) is 0 Å². The van der Waals surface area contributed by atoms with Gasteiger partial charge in [-0.05, 0) is 44.9 Å². The maximum absolute atomic E-state index is 12.4. The summed E-state index contributed by atoms with van der Waals surface area (Å²) >= 11 is 0. The first-order valence-corrected chi connectivity index (χ1v) is 21.4. The van der Waals surface area contributed by atoms with Gasteiger partial charge < -0.3 is 25.7 Å². The van der Waals surface area contributed by atoms with Gasteiger partial charge >= 0.3 is 0 Å². The van der Waals surface area contributed by atoms with Crippen molar-refractivity contribution in [3.63, 3.8) is 0 Å². The van der Waals surface area contributed by atoms with Gasteiger partial charge in [0.05, 0.1) is 31.0 Å². The van der Waals surface area contributed by atoms with E-state index in [1.54, 1.807) is 0 Å². The standard InChI is InChI=1S/C42H85NO5/c1-3-5-7-9-11-13-14-15-16-17-18-19-20-22-24-26-28-32-39(46)34-30-36-42(48)43-40(37-44)41(47)35-29-33-38(45)31-27-25-23-21-12-10-8-6-4-2/h38-41,44-47H,3-37H2,1-2H3,(H,43,48). The summed E-state index contributed by atoms with van der Waals surface area (Å²) in [5.41, 5.74) is 0. The molecule has 0 saturated carbocycles. The van der Waals surface area contributed by atoms with E-state index in [0.29, 0.717) is 32.1 Å². The summed E-state index contributed by atoms with van der Waals surface area (Å²) in [5, 5.41) is 43.6. The molecule has 0 aromatic rings. The Kier molecular flexibility index (Phi) is 37.0. The van der Waals surface area contributed by atoms with Gasteiger partial charge in [-0.15, -0.1) is 0 Å². The Morgan fingerprint density at radius 2 is 0.750 bits per heavy atom. The summed E-state index contributed by atoms with van der Waals surface area (Å²) in [6, 6.07) is -0.688. The predicted octanol–water partition coefficient (Wildman–Crippen LogP) is 10.8. The van der Waals surface area contributed by atoms with Crippen molar-refractivity contribution < 1.29 is 25.2 Å². The zero-order valence-electron chi connectivity index (χ0n) is 32.3. The topological polar surface area (TPSA) is 110 Å². The largest absolute Gasteiger partial charge is 0.394 e. The second-order valence-corrected chi connectivity index (χ2v) is 15.1. The van der Waals surface area contributed by atoms with Crippen molar-refractivity contribution in [2.24, 2.45) is 0 Å². The van der Waals surface area contributed by atoms with Crippen LogP contribution in [0, 0.1) is 0 Å². The molecule has 5 N–H and O–H groups in total. The number of carbonyl (C=O) groups is 1. The van der Waals surface area contributed by atoms with Gasteiger partial charge in [-0.3, -0.25) is 4.79 Å². The zero-order chi connectivity index (χ0) is 35.3. The number of amides is 1. The zero-order valence-corrected chi connectivity index (χ0v) is 32.3. The van der Waals surface area contributed by atoms with Crippen molar-refractivity contribution in [3.05, 3.63) is 0 Å². The molecular weight excluding hydrogens is 598 g/mol. The van der Waals surface area contributed by atoms with Crippen LogP contribution in [0.2, 0.25) is 0 Å². The van der Waals surface area contributed by atoms with Crippen LogP contribution in [0.1, 0.15) is 232 Å². The van der Waals surface area contributed by atoms with Crippen LogP contribution in [-0.4, -0.2) is 57.3 Å². The first-order valence-electron chi connectivity index (χ1n) is 21.4. The molecule has 288 valence electrons. The third-order valence-electron chi connectivity index (χ3n) is 10.3. The third-order valence-corrected chi connectivity index (χ3v) is 10.3. The Morgan fingerprint density at radius 1 is 0.438 bits per heavy atom. The van der Waals surface area contributed by atoms with Gasteiger partial charge in [0.2, 0.25) is 5.91 Å². The molecule has 0 bridgehead atoms. The second kappa shape index (κ2) is 37.6. The highest BCUT2D eigenvalue weighted by Gasteiger charge is 2.21. The minimum atomic E-state index is -0.829. The van der Waals surface area contributed by atoms with Crippen molar-refractivity contribution in [1.82, 2.24) is 5.32 Å². The number of unbranched alkanes of at least 4 members (excludes halogenated alkanes) is 24. The molecule has 0 heterocycles. The lowest BCUT2D eigenvalue weighted by molar-refractivity contribution is -0.123. The Hall–Kier alpha value is -0.690. The van der Waals surface area contributed by atoms with Crippen LogP contribution in [0.15, 0.2) is 0 Å². The van der Waals surface area contributed by atoms with Crippen molar-refractivity contribution in [3.8, 4) is 0 Å². The summed E-state index contributed by atoms with van der Waals surface area (Å²) in [5.74, 6) is -0.191. The highest BCUT2D eigenvalue weighted by atomic mass is 16.3. The van der Waals surface area contributed by atoms with Crippen LogP contribution in [-0.2, 0) is 4.79 Å². The van der Waals surface area contributed by atoms with E-state index in [0.717, 1.165) is 25.7 Å². The number of carbonyl (C=O) groups excluding carboxylic acids is 1. The lowest BCUT2D eigenvalue weighted by atomic mass is 10.00. The van der Waals surface area contributed by atoms with Gasteiger partial charge in [0, 0.05) is 6.42 Å². The molecule has 0 aromatic heterocycles. The molecule has 4 atom stereocenters. The Morgan fingerprint density at radius 3 is 1.10 bits per heavy atom. The van der Waals surface area contributed by atoms with Crippen LogP contribution in [0.25, 0.3) is 0 Å². The lowest BCUT2D eigenvalue weighted by Crippen LogP contribution is -2.45. The van der Waals surface area contributed by atoms with E-state index in [9.17, 15) is 25.2 Å². The number of hydrogen-bond donors (Lipinski definition) is 5. The van der Waals surface area contributed by atoms with Crippen molar-refractivity contribution >= 4 is 5.91 Å². The second-order valence-electron chi connectivity index (χ2n) is 15.1. The number of nitrogens with one attached hydrogen (secondary N) is 1. The minimum Gasteiger partial charge on any atom is -0.394 e. The monoisotopic (exact) mass is 684 g/mol. The quantitative estimate of drug-likeness (QED) is 0.0414. The minimum absolute atomic E-state index is 0.191. The van der Waals surface area contributed by atoms with Crippen LogP contribution >= 0.6 is 0 Å². The molecule has 0 radical (unpaired) electrons. The average molecular weight is 684 g/mol. The molecule has 0 fully saturated rings. The molecule has 0 rings (SSSR count). The van der Waals surface area contributed by atoms with Gasteiger partial charge in [-0.1, -0.05) is 181 Å². The van der Waals surface area contributed by atoms with Crippen LogP contribution in [0.5, 0.6) is 0 Å². The summed E-state index contributed by atoms with van der Waals surface area (Å²) in [6.45, 7) is 4.21. The molecular formula is C42H85NO5. The smallest absolute Gasteiger partial charge is 0.220 e. The fourth-order valence-electron chi connectivity index (χ4n) is 6.89. The number of aliphatic hydroxyl groups is 4. The summed E-state index contributed by atoms with van der Waals surface area (Å²) < 4.78 is 0. The maximum Gasteiger partial charge on any atom is 0.220 e.